The Labute approximate surface area is 239 Å². The molecule has 0 spiro atoms. The lowest BCUT2D eigenvalue weighted by Crippen LogP contribution is -1.90. The van der Waals surface area contributed by atoms with Crippen LogP contribution in [0.25, 0.3) is 84.8 Å². The molecule has 9 aromatic rings. The van der Waals surface area contributed by atoms with E-state index in [4.69, 9.17) is 0 Å². The van der Waals surface area contributed by atoms with Gasteiger partial charge in [-0.15, -0.1) is 22.7 Å². The maximum Gasteiger partial charge on any atom is 0.0435 e. The Morgan fingerprint density at radius 1 is 0.400 bits per heavy atom. The minimum Gasteiger partial charge on any atom is -0.143 e. The van der Waals surface area contributed by atoms with Crippen LogP contribution in [0.4, 0.5) is 0 Å². The number of thiophene rings is 2. The second-order valence-electron chi connectivity index (χ2n) is 10.5. The molecule has 0 aliphatic rings. The molecule has 0 radical (unpaired) electrons. The molecule has 2 aromatic heterocycles. The lowest BCUT2D eigenvalue weighted by Gasteiger charge is -2.18. The zero-order valence-corrected chi connectivity index (χ0v) is 23.2. The fourth-order valence-corrected chi connectivity index (χ4v) is 8.72. The first-order valence-electron chi connectivity index (χ1n) is 13.6. The Morgan fingerprint density at radius 3 is 1.73 bits per heavy atom. The van der Waals surface area contributed by atoms with E-state index in [0.29, 0.717) is 0 Å². The van der Waals surface area contributed by atoms with Gasteiger partial charge in [-0.1, -0.05) is 103 Å². The highest BCUT2D eigenvalue weighted by Gasteiger charge is 2.18. The van der Waals surface area contributed by atoms with Gasteiger partial charge in [-0.05, 0) is 89.6 Å². The first-order valence-corrected chi connectivity index (χ1v) is 15.3. The largest absolute Gasteiger partial charge is 0.143 e. The van der Waals surface area contributed by atoms with Gasteiger partial charge in [0, 0.05) is 24.9 Å². The van der Waals surface area contributed by atoms with Crippen LogP contribution in [0, 0.1) is 0 Å². The van der Waals surface area contributed by atoms with Crippen molar-refractivity contribution in [2.75, 3.05) is 0 Å². The van der Waals surface area contributed by atoms with Crippen molar-refractivity contribution >= 4 is 85.2 Å². The third kappa shape index (κ3) is 3.18. The third-order valence-electron chi connectivity index (χ3n) is 8.31. The highest BCUT2D eigenvalue weighted by atomic mass is 32.1. The Kier molecular flexibility index (Phi) is 4.74. The van der Waals surface area contributed by atoms with Gasteiger partial charge >= 0.3 is 0 Å². The lowest BCUT2D eigenvalue weighted by molar-refractivity contribution is 1.69. The Morgan fingerprint density at radius 2 is 1.00 bits per heavy atom. The summed E-state index contributed by atoms with van der Waals surface area (Å²) < 4.78 is 4.11. The van der Waals surface area contributed by atoms with E-state index in [0.717, 1.165) is 0 Å². The second kappa shape index (κ2) is 8.50. The summed E-state index contributed by atoms with van der Waals surface area (Å²) in [4.78, 5) is 0. The number of fused-ring (bicyclic) bond motifs is 8. The fraction of sp³-hybridized carbons (Fsp3) is 0. The molecule has 0 unspecified atom stereocenters. The van der Waals surface area contributed by atoms with E-state index in [1.807, 2.05) is 22.7 Å². The molecule has 0 saturated heterocycles. The average molecular weight is 543 g/mol. The molecular formula is C38H22S2. The molecule has 2 heterocycles. The van der Waals surface area contributed by atoms with E-state index in [2.05, 4.69) is 133 Å². The van der Waals surface area contributed by atoms with Crippen LogP contribution in [0.3, 0.4) is 0 Å². The van der Waals surface area contributed by atoms with Crippen LogP contribution < -0.4 is 0 Å². The summed E-state index contributed by atoms with van der Waals surface area (Å²) in [6, 6.07) is 47.3. The van der Waals surface area contributed by atoms with Gasteiger partial charge in [-0.3, -0.25) is 0 Å². The second-order valence-corrected chi connectivity index (χ2v) is 12.5. The van der Waals surface area contributed by atoms with Gasteiger partial charge in [0.15, 0.2) is 0 Å². The van der Waals surface area contributed by atoms with E-state index in [1.165, 1.54) is 84.8 Å². The van der Waals surface area contributed by atoms with Gasteiger partial charge in [0.25, 0.3) is 0 Å². The van der Waals surface area contributed by atoms with Crippen molar-refractivity contribution in [2.24, 2.45) is 0 Å². The van der Waals surface area contributed by atoms with Gasteiger partial charge in [0.1, 0.15) is 0 Å². The van der Waals surface area contributed by atoms with Crippen molar-refractivity contribution < 1.29 is 0 Å². The highest BCUT2D eigenvalue weighted by molar-refractivity contribution is 7.27. The molecule has 7 aromatic carbocycles. The Bertz CT molecular complexity index is 2380. The van der Waals surface area contributed by atoms with Crippen molar-refractivity contribution in [3.63, 3.8) is 0 Å². The molecule has 2 heteroatoms. The molecule has 0 N–H and O–H groups in total. The summed E-state index contributed by atoms with van der Waals surface area (Å²) in [6.07, 6.45) is 0. The van der Waals surface area contributed by atoms with Crippen LogP contribution >= 0.6 is 22.7 Å². The quantitative estimate of drug-likeness (QED) is 0.191. The number of rotatable bonds is 2. The molecule has 0 fully saturated rings. The van der Waals surface area contributed by atoms with E-state index >= 15 is 0 Å². The maximum absolute atomic E-state index is 2.42. The predicted octanol–water partition coefficient (Wildman–Crippen LogP) is 12.1. The average Bonchev–Trinajstić information content (AvgIpc) is 3.63. The molecule has 0 atom stereocenters. The normalized spacial score (nSPS) is 12.0. The monoisotopic (exact) mass is 542 g/mol. The van der Waals surface area contributed by atoms with E-state index in [-0.39, 0.29) is 0 Å². The summed E-state index contributed by atoms with van der Waals surface area (Å²) in [5, 5.41) is 14.0. The fourth-order valence-electron chi connectivity index (χ4n) is 6.54. The molecule has 0 bridgehead atoms. The predicted molar refractivity (Wildman–Crippen MR) is 178 cm³/mol. The molecule has 186 valence electrons. The number of hydrogen-bond donors (Lipinski definition) is 0. The first kappa shape index (κ1) is 22.3. The number of hydrogen-bond acceptors (Lipinski definition) is 2. The molecular weight excluding hydrogens is 521 g/mol. The zero-order chi connectivity index (χ0) is 26.2. The summed E-state index contributed by atoms with van der Waals surface area (Å²) in [5.74, 6) is 0. The molecule has 0 aliphatic carbocycles. The van der Waals surface area contributed by atoms with Crippen LogP contribution in [0.1, 0.15) is 0 Å². The highest BCUT2D eigenvalue weighted by Crippen LogP contribution is 2.46. The minimum atomic E-state index is 1.26. The van der Waals surface area contributed by atoms with E-state index < -0.39 is 0 Å². The summed E-state index contributed by atoms with van der Waals surface area (Å²) in [5.41, 5.74) is 5.16. The van der Waals surface area contributed by atoms with Crippen LogP contribution in [-0.4, -0.2) is 0 Å². The minimum absolute atomic E-state index is 1.26. The molecule has 0 aliphatic heterocycles. The summed E-state index contributed by atoms with van der Waals surface area (Å²) in [7, 11) is 0. The third-order valence-corrected chi connectivity index (χ3v) is 10.4. The van der Waals surface area contributed by atoms with Gasteiger partial charge in [-0.2, -0.15) is 0 Å². The Hall–Kier alpha value is -4.50. The summed E-state index contributed by atoms with van der Waals surface area (Å²) >= 11 is 3.75. The van der Waals surface area contributed by atoms with Crippen molar-refractivity contribution in [1.82, 2.24) is 0 Å². The van der Waals surface area contributed by atoms with Crippen molar-refractivity contribution in [3.8, 4) is 22.3 Å². The maximum atomic E-state index is 2.42. The molecule has 0 nitrogen and oxygen atoms in total. The zero-order valence-electron chi connectivity index (χ0n) is 21.5. The first-order chi connectivity index (χ1) is 19.8. The smallest absolute Gasteiger partial charge is 0.0435 e. The SMILES string of the molecule is c1ccc2cc(-c3c4ccccc4c(-c4ccc5c(c4)sc4ccc6ccsc6c45)c4ccccc34)ccc2c1. The van der Waals surface area contributed by atoms with Gasteiger partial charge in [-0.25, -0.2) is 0 Å². The van der Waals surface area contributed by atoms with Crippen LogP contribution in [-0.2, 0) is 0 Å². The summed E-state index contributed by atoms with van der Waals surface area (Å²) in [6.45, 7) is 0. The topological polar surface area (TPSA) is 0 Å². The van der Waals surface area contributed by atoms with Crippen LogP contribution in [0.15, 0.2) is 133 Å². The lowest BCUT2D eigenvalue weighted by atomic mass is 9.85. The van der Waals surface area contributed by atoms with E-state index in [1.54, 1.807) is 0 Å². The van der Waals surface area contributed by atoms with Crippen molar-refractivity contribution in [2.45, 2.75) is 0 Å². The van der Waals surface area contributed by atoms with Crippen LogP contribution in [0.5, 0.6) is 0 Å². The van der Waals surface area contributed by atoms with Gasteiger partial charge < -0.3 is 0 Å². The Balaban J connectivity index is 1.36. The molecule has 40 heavy (non-hydrogen) atoms. The van der Waals surface area contributed by atoms with Crippen molar-refractivity contribution in [3.05, 3.63) is 133 Å². The standard InChI is InChI=1S/C38H22S2/c1-2-8-25-21-26(14-13-23(25)7-1)35-28-9-3-5-11-30(28)36(31-12-6-4-10-29(31)35)27-15-17-32-34(22-27)40-33-18-16-24-19-20-39-38(24)37(32)33/h1-22H. The van der Waals surface area contributed by atoms with Gasteiger partial charge in [0.2, 0.25) is 0 Å². The van der Waals surface area contributed by atoms with Crippen molar-refractivity contribution in [1.29, 1.82) is 0 Å². The van der Waals surface area contributed by atoms with Gasteiger partial charge in [0.05, 0.1) is 0 Å². The number of benzene rings is 7. The van der Waals surface area contributed by atoms with E-state index in [9.17, 15) is 0 Å². The van der Waals surface area contributed by atoms with Crippen LogP contribution in [0.2, 0.25) is 0 Å². The molecule has 9 rings (SSSR count). The molecule has 0 saturated carbocycles. The molecule has 0 amide bonds.